The summed E-state index contributed by atoms with van der Waals surface area (Å²) in [4.78, 5) is 31.8. The summed E-state index contributed by atoms with van der Waals surface area (Å²) in [6.45, 7) is 1.40. The van der Waals surface area contributed by atoms with Crippen molar-refractivity contribution in [1.29, 1.82) is 0 Å². The summed E-state index contributed by atoms with van der Waals surface area (Å²) < 4.78 is 64.7. The van der Waals surface area contributed by atoms with Gasteiger partial charge in [0, 0.05) is 55.8 Å². The number of aromatic nitrogens is 1. The van der Waals surface area contributed by atoms with Crippen molar-refractivity contribution >= 4 is 45.1 Å². The summed E-state index contributed by atoms with van der Waals surface area (Å²) in [6.07, 6.45) is 0.529. The van der Waals surface area contributed by atoms with Crippen LogP contribution in [0.1, 0.15) is 37.7 Å². The lowest BCUT2D eigenvalue weighted by atomic mass is 9.77. The number of halogens is 3. The average Bonchev–Trinajstić information content (AvgIpc) is 3.45. The minimum absolute atomic E-state index is 0.0431. The fourth-order valence-electron chi connectivity index (χ4n) is 6.18. The minimum Gasteiger partial charge on any atom is -0.441 e. The third-order valence-corrected chi connectivity index (χ3v) is 11.0. The van der Waals surface area contributed by atoms with Crippen LogP contribution in [0.2, 0.25) is 5.15 Å². The van der Waals surface area contributed by atoms with E-state index in [4.69, 9.17) is 22.1 Å². The number of rotatable bonds is 11. The van der Waals surface area contributed by atoms with Gasteiger partial charge >= 0.3 is 6.09 Å². The fourth-order valence-corrected chi connectivity index (χ4v) is 7.81. The number of cyclic esters (lactones) is 1. The van der Waals surface area contributed by atoms with Crippen LogP contribution >= 0.6 is 11.6 Å². The summed E-state index contributed by atoms with van der Waals surface area (Å²) in [5, 5.41) is 12.0. The van der Waals surface area contributed by atoms with E-state index in [-0.39, 0.29) is 85.4 Å². The van der Waals surface area contributed by atoms with Crippen molar-refractivity contribution in [1.82, 2.24) is 14.6 Å². The van der Waals surface area contributed by atoms with Crippen molar-refractivity contribution in [3.63, 3.8) is 0 Å². The topological polar surface area (TPSA) is 158 Å². The number of nitrogens with zero attached hydrogens (tertiary/aromatic N) is 4. The summed E-state index contributed by atoms with van der Waals surface area (Å²) in [7, 11) is -3.88. The Balaban J connectivity index is 1.20. The third kappa shape index (κ3) is 7.38. The smallest absolute Gasteiger partial charge is 0.414 e. The number of alkyl halides is 2. The van der Waals surface area contributed by atoms with Gasteiger partial charge in [-0.2, -0.15) is 4.31 Å². The van der Waals surface area contributed by atoms with E-state index >= 15 is 8.78 Å². The standard InChI is InChI=1S/C30H39ClF2N6O6S/c31-26-16-22(30(32,33)21-4-2-20(3-5-21)28(41)35-11-1-10-34)17-27(36-26)37-12-14-38(15-13-37)46(43,44)25-8-6-23(7-9-25)39-18-24(19-40)45-29(39)42/h6-9,16-17,20-21,24,40H,1-5,10-15,18-19,34H2,(H,35,41)/t20-,21-,24-/m1/s1. The van der Waals surface area contributed by atoms with Gasteiger partial charge in [-0.1, -0.05) is 11.6 Å². The van der Waals surface area contributed by atoms with Crippen molar-refractivity contribution < 1.29 is 36.6 Å². The molecule has 1 aromatic carbocycles. The molecule has 2 amide bonds. The third-order valence-electron chi connectivity index (χ3n) is 8.88. The molecule has 3 aliphatic rings. The Kier molecular flexibility index (Phi) is 10.7. The van der Waals surface area contributed by atoms with Crippen molar-refractivity contribution in [2.45, 2.75) is 49.0 Å². The lowest BCUT2D eigenvalue weighted by molar-refractivity contribution is -0.129. The monoisotopic (exact) mass is 684 g/mol. The van der Waals surface area contributed by atoms with Crippen molar-refractivity contribution in [2.24, 2.45) is 17.6 Å². The van der Waals surface area contributed by atoms with E-state index < -0.39 is 34.1 Å². The zero-order chi connectivity index (χ0) is 33.1. The number of piperazine rings is 1. The summed E-state index contributed by atoms with van der Waals surface area (Å²) in [5.41, 5.74) is 5.66. The number of anilines is 2. The second-order valence-electron chi connectivity index (χ2n) is 11.8. The van der Waals surface area contributed by atoms with Gasteiger partial charge in [0.1, 0.15) is 17.1 Å². The van der Waals surface area contributed by atoms with Crippen LogP contribution in [-0.4, -0.2) is 93.3 Å². The molecule has 252 valence electrons. The Bertz CT molecular complexity index is 1500. The molecule has 2 saturated heterocycles. The number of hydrogen-bond acceptors (Lipinski definition) is 9. The zero-order valence-corrected chi connectivity index (χ0v) is 26.9. The van der Waals surface area contributed by atoms with E-state index in [1.165, 1.54) is 45.6 Å². The second kappa shape index (κ2) is 14.3. The Morgan fingerprint density at radius 3 is 2.39 bits per heavy atom. The van der Waals surface area contributed by atoms with Gasteiger partial charge in [0.05, 0.1) is 18.0 Å². The highest BCUT2D eigenvalue weighted by molar-refractivity contribution is 7.89. The molecule has 1 atom stereocenters. The second-order valence-corrected chi connectivity index (χ2v) is 14.2. The predicted octanol–water partition coefficient (Wildman–Crippen LogP) is 2.93. The normalized spacial score (nSPS) is 23.0. The van der Waals surface area contributed by atoms with E-state index in [1.54, 1.807) is 4.90 Å². The van der Waals surface area contributed by atoms with Crippen LogP contribution in [0.4, 0.5) is 25.1 Å². The molecule has 3 heterocycles. The largest absolute Gasteiger partial charge is 0.441 e. The Morgan fingerprint density at radius 2 is 1.78 bits per heavy atom. The zero-order valence-electron chi connectivity index (χ0n) is 25.3. The number of carbonyl (C=O) groups excluding carboxylic acids is 2. The molecule has 5 rings (SSSR count). The van der Waals surface area contributed by atoms with Crippen LogP contribution in [0, 0.1) is 11.8 Å². The Morgan fingerprint density at radius 1 is 1.11 bits per heavy atom. The molecule has 1 saturated carbocycles. The molecular formula is C30H39ClF2N6O6S. The molecule has 46 heavy (non-hydrogen) atoms. The van der Waals surface area contributed by atoms with E-state index in [0.29, 0.717) is 38.0 Å². The first-order chi connectivity index (χ1) is 21.9. The molecule has 1 aliphatic carbocycles. The number of sulfonamides is 1. The van der Waals surface area contributed by atoms with E-state index in [9.17, 15) is 23.1 Å². The van der Waals surface area contributed by atoms with Crippen molar-refractivity contribution in [2.75, 3.05) is 62.2 Å². The number of carbonyl (C=O) groups is 2. The lowest BCUT2D eigenvalue weighted by Gasteiger charge is -2.36. The number of nitrogens with two attached hydrogens (primary N) is 1. The van der Waals surface area contributed by atoms with Gasteiger partial charge < -0.3 is 25.8 Å². The van der Waals surface area contributed by atoms with Crippen molar-refractivity contribution in [3.8, 4) is 0 Å². The SMILES string of the molecule is NCCCNC(=O)[C@H]1CC[C@H](C(F)(F)c2cc(Cl)nc(N3CCN(S(=O)(=O)c4ccc(N5C[C@H](CO)OC5=O)cc4)CC3)c2)CC1. The van der Waals surface area contributed by atoms with Gasteiger partial charge in [0.15, 0.2) is 0 Å². The molecule has 0 spiro atoms. The maximum absolute atomic E-state index is 15.8. The maximum atomic E-state index is 15.8. The first kappa shape index (κ1) is 34.2. The summed E-state index contributed by atoms with van der Waals surface area (Å²) >= 11 is 6.22. The quantitative estimate of drug-likeness (QED) is 0.239. The molecule has 2 aliphatic heterocycles. The summed E-state index contributed by atoms with van der Waals surface area (Å²) in [6, 6.07) is 8.33. The van der Waals surface area contributed by atoms with Gasteiger partial charge in [-0.3, -0.25) is 9.69 Å². The van der Waals surface area contributed by atoms with Crippen LogP contribution in [0.15, 0.2) is 41.3 Å². The van der Waals surface area contributed by atoms with Crippen LogP contribution in [0.5, 0.6) is 0 Å². The van der Waals surface area contributed by atoms with Gasteiger partial charge in [-0.25, -0.2) is 27.0 Å². The Labute approximate surface area is 271 Å². The number of benzene rings is 1. The number of ether oxygens (including phenoxy) is 1. The first-order valence-electron chi connectivity index (χ1n) is 15.4. The molecular weight excluding hydrogens is 646 g/mol. The van der Waals surface area contributed by atoms with Crippen LogP contribution in [0.25, 0.3) is 0 Å². The summed E-state index contributed by atoms with van der Waals surface area (Å²) in [5.74, 6) is -4.31. The number of hydrogen-bond donors (Lipinski definition) is 3. The van der Waals surface area contributed by atoms with Gasteiger partial charge in [-0.15, -0.1) is 0 Å². The van der Waals surface area contributed by atoms with Gasteiger partial charge in [0.2, 0.25) is 15.9 Å². The Hall–Kier alpha value is -3.11. The molecule has 3 fully saturated rings. The number of aliphatic hydroxyl groups is 1. The van der Waals surface area contributed by atoms with Crippen LogP contribution in [0.3, 0.4) is 0 Å². The number of nitrogens with one attached hydrogen (secondary N) is 1. The first-order valence-corrected chi connectivity index (χ1v) is 17.2. The molecule has 16 heteroatoms. The van der Waals surface area contributed by atoms with Crippen LogP contribution in [-0.2, 0) is 25.5 Å². The number of aliphatic hydroxyl groups excluding tert-OH is 1. The average molecular weight is 685 g/mol. The fraction of sp³-hybridized carbons (Fsp3) is 0.567. The van der Waals surface area contributed by atoms with Gasteiger partial charge in [-0.05, 0) is 75.0 Å². The molecule has 1 aromatic heterocycles. The highest BCUT2D eigenvalue weighted by atomic mass is 35.5. The number of amides is 2. The highest BCUT2D eigenvalue weighted by Gasteiger charge is 2.44. The van der Waals surface area contributed by atoms with E-state index in [2.05, 4.69) is 10.3 Å². The predicted molar refractivity (Wildman–Crippen MR) is 167 cm³/mol. The molecule has 12 nitrogen and oxygen atoms in total. The lowest BCUT2D eigenvalue weighted by Crippen LogP contribution is -2.49. The van der Waals surface area contributed by atoms with E-state index in [1.807, 2.05) is 0 Å². The van der Waals surface area contributed by atoms with E-state index in [0.717, 1.165) is 0 Å². The van der Waals surface area contributed by atoms with Crippen LogP contribution < -0.4 is 20.9 Å². The minimum atomic E-state index is -3.88. The molecule has 0 radical (unpaired) electrons. The van der Waals surface area contributed by atoms with Crippen molar-refractivity contribution in [3.05, 3.63) is 47.1 Å². The molecule has 2 aromatic rings. The maximum Gasteiger partial charge on any atom is 0.414 e. The molecule has 0 unspecified atom stereocenters. The molecule has 0 bridgehead atoms. The highest BCUT2D eigenvalue weighted by Crippen LogP contribution is 2.46. The molecule has 4 N–H and O–H groups in total. The number of pyridine rings is 1. The van der Waals surface area contributed by atoms with Gasteiger partial charge in [0.25, 0.3) is 5.92 Å².